The average molecular weight is 216 g/mol. The maximum absolute atomic E-state index is 10.9. The second-order valence-electron chi connectivity index (χ2n) is 3.53. The minimum atomic E-state index is -3.43. The van der Waals surface area contributed by atoms with E-state index in [0.29, 0.717) is 12.0 Å². The first-order valence-corrected chi connectivity index (χ1v) is 6.10. The van der Waals surface area contributed by atoms with Crippen LogP contribution in [0.3, 0.4) is 0 Å². The van der Waals surface area contributed by atoms with Gasteiger partial charge >= 0.3 is 0 Å². The minimum Gasteiger partial charge on any atom is -0.266 e. The zero-order valence-electron chi connectivity index (χ0n) is 8.78. The molecule has 0 saturated carbocycles. The molecule has 14 heavy (non-hydrogen) atoms. The Morgan fingerprint density at radius 1 is 1.57 bits per heavy atom. The van der Waals surface area contributed by atoms with E-state index in [4.69, 9.17) is 10.6 Å². The summed E-state index contributed by atoms with van der Waals surface area (Å²) >= 11 is 0. The van der Waals surface area contributed by atoms with Crippen LogP contribution in [-0.4, -0.2) is 20.8 Å². The Morgan fingerprint density at radius 2 is 2.07 bits per heavy atom. The molecule has 0 heterocycles. The van der Waals surface area contributed by atoms with Gasteiger partial charge in [-0.25, -0.2) is 0 Å². The molecule has 0 rings (SSSR count). The molecule has 0 aromatic rings. The van der Waals surface area contributed by atoms with Crippen molar-refractivity contribution < 1.29 is 12.6 Å². The highest BCUT2D eigenvalue weighted by Gasteiger charge is 2.19. The van der Waals surface area contributed by atoms with E-state index in [9.17, 15) is 8.42 Å². The molecule has 0 aromatic carbocycles. The van der Waals surface area contributed by atoms with Crippen LogP contribution in [0.5, 0.6) is 0 Å². The van der Waals surface area contributed by atoms with Crippen LogP contribution < -0.4 is 0 Å². The molecule has 3 nitrogen and oxygen atoms in total. The molecule has 0 aliphatic carbocycles. The monoisotopic (exact) mass is 216 g/mol. The Hall–Kier alpha value is -0.790. The number of hydrogen-bond donors (Lipinski definition) is 0. The van der Waals surface area contributed by atoms with E-state index < -0.39 is 16.2 Å². The van der Waals surface area contributed by atoms with Crippen LogP contribution in [0.4, 0.5) is 0 Å². The lowest BCUT2D eigenvalue weighted by Crippen LogP contribution is -2.23. The molecule has 0 fully saturated rings. The van der Waals surface area contributed by atoms with Gasteiger partial charge < -0.3 is 0 Å². The zero-order valence-corrected chi connectivity index (χ0v) is 9.60. The van der Waals surface area contributed by atoms with Crippen LogP contribution in [0.25, 0.3) is 0 Å². The second kappa shape index (κ2) is 5.18. The third kappa shape index (κ3) is 5.79. The van der Waals surface area contributed by atoms with Crippen molar-refractivity contribution in [3.8, 4) is 12.3 Å². The molecule has 0 amide bonds. The summed E-state index contributed by atoms with van der Waals surface area (Å²) in [6, 6.07) is 0. The fourth-order valence-electron chi connectivity index (χ4n) is 0.907. The minimum absolute atomic E-state index is 0.0785. The van der Waals surface area contributed by atoms with Crippen molar-refractivity contribution in [1.82, 2.24) is 0 Å². The fraction of sp³-hybridized carbons (Fsp3) is 0.600. The molecular weight excluding hydrogens is 200 g/mol. The summed E-state index contributed by atoms with van der Waals surface area (Å²) in [4.78, 5) is 0. The molecule has 0 aromatic heterocycles. The molecule has 0 aliphatic heterocycles. The van der Waals surface area contributed by atoms with Crippen molar-refractivity contribution in [2.75, 3.05) is 6.26 Å². The van der Waals surface area contributed by atoms with Gasteiger partial charge in [-0.3, -0.25) is 4.18 Å². The van der Waals surface area contributed by atoms with Crippen molar-refractivity contribution >= 4 is 10.1 Å². The Labute approximate surface area is 86.3 Å². The molecule has 0 saturated heterocycles. The predicted molar refractivity (Wildman–Crippen MR) is 57.1 cm³/mol. The first kappa shape index (κ1) is 13.2. The molecule has 4 heteroatoms. The van der Waals surface area contributed by atoms with E-state index in [-0.39, 0.29) is 5.92 Å². The third-order valence-electron chi connectivity index (χ3n) is 1.69. The van der Waals surface area contributed by atoms with E-state index in [0.717, 1.165) is 6.26 Å². The van der Waals surface area contributed by atoms with Gasteiger partial charge in [-0.2, -0.15) is 8.42 Å². The normalized spacial score (nSPS) is 13.6. The first-order chi connectivity index (χ1) is 6.26. The Balaban J connectivity index is 4.49. The summed E-state index contributed by atoms with van der Waals surface area (Å²) in [5.41, 5.74) is 0.548. The van der Waals surface area contributed by atoms with Gasteiger partial charge in [0.05, 0.1) is 12.4 Å². The van der Waals surface area contributed by atoms with Gasteiger partial charge in [0.25, 0.3) is 10.1 Å². The maximum Gasteiger partial charge on any atom is 0.264 e. The smallest absolute Gasteiger partial charge is 0.264 e. The highest BCUT2D eigenvalue weighted by Crippen LogP contribution is 2.16. The second-order valence-corrected chi connectivity index (χ2v) is 5.14. The summed E-state index contributed by atoms with van der Waals surface area (Å²) < 4.78 is 26.7. The van der Waals surface area contributed by atoms with E-state index in [2.05, 4.69) is 12.5 Å². The lowest BCUT2D eigenvalue weighted by molar-refractivity contribution is 0.162. The molecule has 0 N–H and O–H groups in total. The van der Waals surface area contributed by atoms with Gasteiger partial charge in [0.1, 0.15) is 0 Å². The standard InChI is InChI=1S/C10H16O3S/c1-6-9(4)7-10(8(2)3)13-14(5,11)12/h1,8,10H,4,7H2,2-3,5H3. The Kier molecular flexibility index (Phi) is 4.89. The van der Waals surface area contributed by atoms with Gasteiger partial charge in [0, 0.05) is 6.42 Å². The van der Waals surface area contributed by atoms with Crippen LogP contribution in [0.2, 0.25) is 0 Å². The van der Waals surface area contributed by atoms with Gasteiger partial charge in [0.15, 0.2) is 0 Å². The van der Waals surface area contributed by atoms with Crippen molar-refractivity contribution in [2.45, 2.75) is 26.4 Å². The van der Waals surface area contributed by atoms with Crippen LogP contribution in [0.1, 0.15) is 20.3 Å². The summed E-state index contributed by atoms with van der Waals surface area (Å²) in [5, 5.41) is 0. The largest absolute Gasteiger partial charge is 0.266 e. The van der Waals surface area contributed by atoms with Gasteiger partial charge in [-0.15, -0.1) is 6.42 Å². The average Bonchev–Trinajstić information content (AvgIpc) is 2.00. The molecule has 0 spiro atoms. The number of hydrogen-bond acceptors (Lipinski definition) is 3. The van der Waals surface area contributed by atoms with Crippen molar-refractivity contribution in [1.29, 1.82) is 0 Å². The lowest BCUT2D eigenvalue weighted by Gasteiger charge is -2.19. The lowest BCUT2D eigenvalue weighted by atomic mass is 10.0. The molecule has 0 radical (unpaired) electrons. The van der Waals surface area contributed by atoms with Crippen molar-refractivity contribution in [2.24, 2.45) is 5.92 Å². The highest BCUT2D eigenvalue weighted by atomic mass is 32.2. The van der Waals surface area contributed by atoms with Crippen LogP contribution >= 0.6 is 0 Å². The quantitative estimate of drug-likeness (QED) is 0.517. The maximum atomic E-state index is 10.9. The third-order valence-corrected chi connectivity index (χ3v) is 2.29. The molecular formula is C10H16O3S. The topological polar surface area (TPSA) is 43.4 Å². The number of rotatable bonds is 5. The summed E-state index contributed by atoms with van der Waals surface area (Å²) in [7, 11) is -3.43. The molecule has 1 atom stereocenters. The van der Waals surface area contributed by atoms with Gasteiger partial charge in [-0.05, 0) is 11.5 Å². The van der Waals surface area contributed by atoms with E-state index >= 15 is 0 Å². The van der Waals surface area contributed by atoms with Gasteiger partial charge in [-0.1, -0.05) is 26.3 Å². The van der Waals surface area contributed by atoms with Gasteiger partial charge in [0.2, 0.25) is 0 Å². The van der Waals surface area contributed by atoms with E-state index in [1.165, 1.54) is 0 Å². The molecule has 1 unspecified atom stereocenters. The van der Waals surface area contributed by atoms with Crippen LogP contribution in [-0.2, 0) is 14.3 Å². The Bertz CT molecular complexity index is 333. The highest BCUT2D eigenvalue weighted by molar-refractivity contribution is 7.86. The van der Waals surface area contributed by atoms with Crippen molar-refractivity contribution in [3.63, 3.8) is 0 Å². The molecule has 0 bridgehead atoms. The zero-order chi connectivity index (χ0) is 11.4. The summed E-state index contributed by atoms with van der Waals surface area (Å²) in [6.45, 7) is 7.36. The summed E-state index contributed by atoms with van der Waals surface area (Å²) in [6.07, 6.45) is 6.11. The summed E-state index contributed by atoms with van der Waals surface area (Å²) in [5.74, 6) is 2.45. The van der Waals surface area contributed by atoms with E-state index in [1.807, 2.05) is 13.8 Å². The fourth-order valence-corrected chi connectivity index (χ4v) is 1.65. The molecule has 80 valence electrons. The predicted octanol–water partition coefficient (Wildman–Crippen LogP) is 1.57. The van der Waals surface area contributed by atoms with Crippen LogP contribution in [0.15, 0.2) is 12.2 Å². The molecule has 0 aliphatic rings. The number of terminal acetylenes is 1. The van der Waals surface area contributed by atoms with Crippen molar-refractivity contribution in [3.05, 3.63) is 12.2 Å². The first-order valence-electron chi connectivity index (χ1n) is 4.29. The van der Waals surface area contributed by atoms with Crippen LogP contribution in [0, 0.1) is 18.3 Å². The Morgan fingerprint density at radius 3 is 2.36 bits per heavy atom. The SMILES string of the molecule is C#CC(=C)CC(OS(C)(=O)=O)C(C)C. The van der Waals surface area contributed by atoms with E-state index in [1.54, 1.807) is 0 Å².